The minimum absolute atomic E-state index is 0.163. The number of nitrogens with zero attached hydrogens (tertiary/aromatic N) is 2. The Bertz CT molecular complexity index is 910. The zero-order valence-corrected chi connectivity index (χ0v) is 15.7. The highest BCUT2D eigenvalue weighted by Gasteiger charge is 2.27. The van der Waals surface area contributed by atoms with E-state index in [2.05, 4.69) is 10.5 Å². The van der Waals surface area contributed by atoms with Crippen LogP contribution in [0.5, 0.6) is 0 Å². The summed E-state index contributed by atoms with van der Waals surface area (Å²) in [5.74, 6) is 0.210. The van der Waals surface area contributed by atoms with E-state index >= 15 is 0 Å². The van der Waals surface area contributed by atoms with Crippen LogP contribution in [-0.4, -0.2) is 23.0 Å². The fourth-order valence-electron chi connectivity index (χ4n) is 2.89. The average molecular weight is 388 g/mol. The van der Waals surface area contributed by atoms with E-state index < -0.39 is 11.9 Å². The molecular weight excluding hydrogens is 369 g/mol. The molecule has 7 heteroatoms. The van der Waals surface area contributed by atoms with Crippen LogP contribution in [0.25, 0.3) is 0 Å². The van der Waals surface area contributed by atoms with Gasteiger partial charge < -0.3 is 9.84 Å². The van der Waals surface area contributed by atoms with Crippen molar-refractivity contribution in [2.45, 2.75) is 19.5 Å². The van der Waals surface area contributed by atoms with Crippen molar-refractivity contribution >= 4 is 23.3 Å². The summed E-state index contributed by atoms with van der Waals surface area (Å²) in [6.45, 7) is 1.90. The summed E-state index contributed by atoms with van der Waals surface area (Å²) in [5, 5.41) is 6.86. The number of benzene rings is 2. The maximum Gasteiger partial charge on any atom is 0.247 e. The summed E-state index contributed by atoms with van der Waals surface area (Å²) in [5.41, 5.74) is 1.11. The number of likely N-dealkylation sites (N-methyl/N-ethyl adjacent to an activating group) is 1. The lowest BCUT2D eigenvalue weighted by Gasteiger charge is -2.27. The summed E-state index contributed by atoms with van der Waals surface area (Å²) in [6, 6.07) is 14.7. The summed E-state index contributed by atoms with van der Waals surface area (Å²) in [4.78, 5) is 14.7. The molecular formula is C20H19ClFN3O2. The third-order valence-electron chi connectivity index (χ3n) is 4.15. The first-order valence-electron chi connectivity index (χ1n) is 8.38. The Morgan fingerprint density at radius 1 is 1.26 bits per heavy atom. The van der Waals surface area contributed by atoms with Gasteiger partial charge in [0.1, 0.15) is 17.6 Å². The second-order valence-corrected chi connectivity index (χ2v) is 6.65. The van der Waals surface area contributed by atoms with Crippen molar-refractivity contribution in [1.29, 1.82) is 0 Å². The molecule has 0 aliphatic carbocycles. The maximum absolute atomic E-state index is 14.2. The van der Waals surface area contributed by atoms with Crippen molar-refractivity contribution in [1.82, 2.24) is 10.1 Å². The standard InChI is InChI=1S/C20H19ClFN3O2/c1-13-11-18(24-27-13)23-20(26)19(14-7-4-3-5-8-14)25(2)12-15-16(21)9-6-10-17(15)22/h3-11,19H,12H2,1-2H3,(H,23,24,26)/t19-/m0/s1. The predicted molar refractivity (Wildman–Crippen MR) is 102 cm³/mol. The molecule has 1 aromatic heterocycles. The molecule has 0 unspecified atom stereocenters. The molecule has 0 aliphatic rings. The van der Waals surface area contributed by atoms with Crippen molar-refractivity contribution in [2.24, 2.45) is 0 Å². The van der Waals surface area contributed by atoms with Crippen LogP contribution in [0.15, 0.2) is 59.1 Å². The van der Waals surface area contributed by atoms with Gasteiger partial charge in [0.05, 0.1) is 0 Å². The number of halogens is 2. The van der Waals surface area contributed by atoms with E-state index in [1.54, 1.807) is 37.1 Å². The number of aryl methyl sites for hydroxylation is 1. The van der Waals surface area contributed by atoms with E-state index in [0.717, 1.165) is 5.56 Å². The average Bonchev–Trinajstić information content (AvgIpc) is 3.04. The summed E-state index contributed by atoms with van der Waals surface area (Å²) in [6.07, 6.45) is 0. The fourth-order valence-corrected chi connectivity index (χ4v) is 3.11. The lowest BCUT2D eigenvalue weighted by atomic mass is 10.0. The highest BCUT2D eigenvalue weighted by Crippen LogP contribution is 2.27. The van der Waals surface area contributed by atoms with Gasteiger partial charge in [-0.2, -0.15) is 0 Å². The van der Waals surface area contributed by atoms with Gasteiger partial charge in [-0.1, -0.05) is 53.2 Å². The Morgan fingerprint density at radius 2 is 2.00 bits per heavy atom. The SMILES string of the molecule is Cc1cc(NC(=O)[C@H](c2ccccc2)N(C)Cc2c(F)cccc2Cl)no1. The number of nitrogens with one attached hydrogen (secondary N) is 1. The van der Waals surface area contributed by atoms with Gasteiger partial charge in [0.2, 0.25) is 5.91 Å². The van der Waals surface area contributed by atoms with Crippen LogP contribution in [0.4, 0.5) is 10.2 Å². The number of hydrogen-bond acceptors (Lipinski definition) is 4. The topological polar surface area (TPSA) is 58.4 Å². The quantitative estimate of drug-likeness (QED) is 0.672. The molecule has 5 nitrogen and oxygen atoms in total. The zero-order valence-electron chi connectivity index (χ0n) is 14.9. The molecule has 1 heterocycles. The van der Waals surface area contributed by atoms with Gasteiger partial charge in [0, 0.05) is 23.2 Å². The van der Waals surface area contributed by atoms with Crippen LogP contribution in [0.1, 0.15) is 22.9 Å². The van der Waals surface area contributed by atoms with Gasteiger partial charge in [-0.25, -0.2) is 4.39 Å². The van der Waals surface area contributed by atoms with Crippen LogP contribution >= 0.6 is 11.6 Å². The van der Waals surface area contributed by atoms with Crippen LogP contribution in [0, 0.1) is 12.7 Å². The van der Waals surface area contributed by atoms with Crippen LogP contribution in [-0.2, 0) is 11.3 Å². The number of carbonyl (C=O) groups is 1. The van der Waals surface area contributed by atoms with Gasteiger partial charge >= 0.3 is 0 Å². The van der Waals surface area contributed by atoms with Crippen LogP contribution < -0.4 is 5.32 Å². The Balaban J connectivity index is 1.88. The molecule has 0 saturated heterocycles. The molecule has 1 amide bonds. The fraction of sp³-hybridized carbons (Fsp3) is 0.200. The van der Waals surface area contributed by atoms with E-state index in [4.69, 9.17) is 16.1 Å². The minimum atomic E-state index is -0.668. The lowest BCUT2D eigenvalue weighted by molar-refractivity contribution is -0.121. The van der Waals surface area contributed by atoms with Crippen molar-refractivity contribution in [2.75, 3.05) is 12.4 Å². The normalized spacial score (nSPS) is 12.2. The van der Waals surface area contributed by atoms with Crippen molar-refractivity contribution in [3.8, 4) is 0 Å². The van der Waals surface area contributed by atoms with E-state index in [1.807, 2.05) is 30.3 Å². The molecule has 0 radical (unpaired) electrons. The number of rotatable bonds is 6. The molecule has 0 saturated carbocycles. The Kier molecular flexibility index (Phi) is 5.88. The first-order chi connectivity index (χ1) is 13.0. The largest absolute Gasteiger partial charge is 0.360 e. The maximum atomic E-state index is 14.2. The zero-order chi connectivity index (χ0) is 19.4. The number of hydrogen-bond donors (Lipinski definition) is 1. The molecule has 0 aliphatic heterocycles. The minimum Gasteiger partial charge on any atom is -0.360 e. The van der Waals surface area contributed by atoms with E-state index in [1.165, 1.54) is 6.07 Å². The highest BCUT2D eigenvalue weighted by molar-refractivity contribution is 6.31. The van der Waals surface area contributed by atoms with Crippen LogP contribution in [0.2, 0.25) is 5.02 Å². The van der Waals surface area contributed by atoms with E-state index in [0.29, 0.717) is 22.2 Å². The number of aromatic nitrogens is 1. The molecule has 1 N–H and O–H groups in total. The molecule has 1 atom stereocenters. The number of anilines is 1. The Morgan fingerprint density at radius 3 is 2.63 bits per heavy atom. The Labute approximate surface area is 161 Å². The summed E-state index contributed by atoms with van der Waals surface area (Å²) < 4.78 is 19.2. The molecule has 140 valence electrons. The van der Waals surface area contributed by atoms with Gasteiger partial charge in [0.25, 0.3) is 0 Å². The molecule has 27 heavy (non-hydrogen) atoms. The van der Waals surface area contributed by atoms with Crippen molar-refractivity contribution in [3.63, 3.8) is 0 Å². The first-order valence-corrected chi connectivity index (χ1v) is 8.75. The predicted octanol–water partition coefficient (Wildman–Crippen LogP) is 4.59. The number of amides is 1. The second-order valence-electron chi connectivity index (χ2n) is 6.24. The number of carbonyl (C=O) groups excluding carboxylic acids is 1. The molecule has 0 spiro atoms. The van der Waals surface area contributed by atoms with Crippen LogP contribution in [0.3, 0.4) is 0 Å². The molecule has 2 aromatic carbocycles. The monoisotopic (exact) mass is 387 g/mol. The van der Waals surface area contributed by atoms with Crippen molar-refractivity contribution < 1.29 is 13.7 Å². The third-order valence-corrected chi connectivity index (χ3v) is 4.51. The molecule has 0 bridgehead atoms. The Hall–Kier alpha value is -2.70. The van der Waals surface area contributed by atoms with Gasteiger partial charge in [0.15, 0.2) is 5.82 Å². The van der Waals surface area contributed by atoms with E-state index in [9.17, 15) is 9.18 Å². The molecule has 3 aromatic rings. The van der Waals surface area contributed by atoms with Gasteiger partial charge in [-0.15, -0.1) is 0 Å². The lowest BCUT2D eigenvalue weighted by Crippen LogP contribution is -2.34. The van der Waals surface area contributed by atoms with Gasteiger partial charge in [-0.3, -0.25) is 9.69 Å². The molecule has 0 fully saturated rings. The molecule has 3 rings (SSSR count). The van der Waals surface area contributed by atoms with Crippen molar-refractivity contribution in [3.05, 3.63) is 82.3 Å². The first kappa shape index (κ1) is 19.1. The smallest absolute Gasteiger partial charge is 0.247 e. The second kappa shape index (κ2) is 8.33. The van der Waals surface area contributed by atoms with E-state index in [-0.39, 0.29) is 12.5 Å². The third kappa shape index (κ3) is 4.53. The van der Waals surface area contributed by atoms with Gasteiger partial charge in [-0.05, 0) is 31.7 Å². The summed E-state index contributed by atoms with van der Waals surface area (Å²) in [7, 11) is 1.74. The highest BCUT2D eigenvalue weighted by atomic mass is 35.5. The summed E-state index contributed by atoms with van der Waals surface area (Å²) >= 11 is 6.15.